The van der Waals surface area contributed by atoms with Crippen molar-refractivity contribution >= 4 is 27.4 Å². The van der Waals surface area contributed by atoms with Crippen LogP contribution in [0.4, 0.5) is 5.82 Å². The Morgan fingerprint density at radius 1 is 1.18 bits per heavy atom. The maximum atomic E-state index is 4.35. The molecule has 0 aliphatic heterocycles. The van der Waals surface area contributed by atoms with E-state index in [4.69, 9.17) is 0 Å². The minimum absolute atomic E-state index is 0.769. The second kappa shape index (κ2) is 6.85. The van der Waals surface area contributed by atoms with Crippen molar-refractivity contribution in [1.29, 1.82) is 0 Å². The van der Waals surface area contributed by atoms with Gasteiger partial charge in [0.1, 0.15) is 17.0 Å². The fourth-order valence-corrected chi connectivity index (χ4v) is 3.11. The van der Waals surface area contributed by atoms with E-state index in [2.05, 4.69) is 64.5 Å². The Balaban J connectivity index is 1.71. The number of hydrogen-bond acceptors (Lipinski definition) is 5. The van der Waals surface area contributed by atoms with E-state index in [9.17, 15) is 0 Å². The number of rotatable bonds is 6. The summed E-state index contributed by atoms with van der Waals surface area (Å²) in [5.41, 5.74) is 2.61. The maximum absolute atomic E-state index is 4.35. The van der Waals surface area contributed by atoms with Crippen LogP contribution in [-0.4, -0.2) is 28.5 Å². The van der Waals surface area contributed by atoms with Crippen LogP contribution in [0, 0.1) is 0 Å². The molecule has 0 bridgehead atoms. The quantitative estimate of drug-likeness (QED) is 0.752. The van der Waals surface area contributed by atoms with Gasteiger partial charge in [-0.1, -0.05) is 31.2 Å². The molecule has 2 heterocycles. The predicted octanol–water partition coefficient (Wildman–Crippen LogP) is 3.76. The highest BCUT2D eigenvalue weighted by Crippen LogP contribution is 2.24. The van der Waals surface area contributed by atoms with Gasteiger partial charge in [0, 0.05) is 13.1 Å². The van der Waals surface area contributed by atoms with Crippen LogP contribution in [0.1, 0.15) is 18.1 Å². The Kier molecular flexibility index (Phi) is 4.65. The SMILES string of the molecule is CCN(C)Cc1cccc(CNc2ncnc3sccc23)c1. The second-order valence-electron chi connectivity index (χ2n) is 5.37. The lowest BCUT2D eigenvalue weighted by Gasteiger charge is -2.14. The number of hydrogen-bond donors (Lipinski definition) is 1. The molecule has 0 fully saturated rings. The van der Waals surface area contributed by atoms with Crippen LogP contribution in [0.2, 0.25) is 0 Å². The number of benzene rings is 1. The van der Waals surface area contributed by atoms with Gasteiger partial charge in [-0.25, -0.2) is 9.97 Å². The zero-order chi connectivity index (χ0) is 15.4. The summed E-state index contributed by atoms with van der Waals surface area (Å²) in [5, 5.41) is 6.57. The molecule has 3 aromatic rings. The van der Waals surface area contributed by atoms with Gasteiger partial charge in [-0.3, -0.25) is 0 Å². The summed E-state index contributed by atoms with van der Waals surface area (Å²) >= 11 is 1.64. The summed E-state index contributed by atoms with van der Waals surface area (Å²) in [6.45, 7) is 4.98. The van der Waals surface area contributed by atoms with Crippen LogP contribution in [0.5, 0.6) is 0 Å². The summed E-state index contributed by atoms with van der Waals surface area (Å²) in [7, 11) is 2.14. The number of aromatic nitrogens is 2. The van der Waals surface area contributed by atoms with Crippen LogP contribution in [0.15, 0.2) is 42.0 Å². The summed E-state index contributed by atoms with van der Waals surface area (Å²) < 4.78 is 0. The number of thiophene rings is 1. The van der Waals surface area contributed by atoms with E-state index in [1.165, 1.54) is 11.1 Å². The number of fused-ring (bicyclic) bond motifs is 1. The highest BCUT2D eigenvalue weighted by molar-refractivity contribution is 7.16. The van der Waals surface area contributed by atoms with Crippen molar-refractivity contribution in [2.45, 2.75) is 20.0 Å². The molecule has 0 spiro atoms. The van der Waals surface area contributed by atoms with Crippen LogP contribution in [0.25, 0.3) is 10.2 Å². The smallest absolute Gasteiger partial charge is 0.138 e. The molecule has 5 heteroatoms. The van der Waals surface area contributed by atoms with Gasteiger partial charge in [-0.2, -0.15) is 0 Å². The lowest BCUT2D eigenvalue weighted by molar-refractivity contribution is 0.345. The molecule has 0 unspecified atom stereocenters. The van der Waals surface area contributed by atoms with E-state index in [0.717, 1.165) is 35.7 Å². The molecule has 0 atom stereocenters. The lowest BCUT2D eigenvalue weighted by atomic mass is 10.1. The Hall–Kier alpha value is -1.98. The molecule has 0 aliphatic carbocycles. The average molecular weight is 312 g/mol. The summed E-state index contributed by atoms with van der Waals surface area (Å²) in [5.74, 6) is 0.905. The lowest BCUT2D eigenvalue weighted by Crippen LogP contribution is -2.16. The van der Waals surface area contributed by atoms with E-state index in [0.29, 0.717) is 0 Å². The summed E-state index contributed by atoms with van der Waals surface area (Å²) in [6, 6.07) is 10.8. The van der Waals surface area contributed by atoms with Crippen molar-refractivity contribution < 1.29 is 0 Å². The minimum atomic E-state index is 0.769. The van der Waals surface area contributed by atoms with E-state index < -0.39 is 0 Å². The molecule has 0 radical (unpaired) electrons. The number of nitrogens with one attached hydrogen (secondary N) is 1. The fraction of sp³-hybridized carbons (Fsp3) is 0.294. The van der Waals surface area contributed by atoms with Crippen LogP contribution in [0.3, 0.4) is 0 Å². The largest absolute Gasteiger partial charge is 0.365 e. The molecule has 0 aliphatic rings. The minimum Gasteiger partial charge on any atom is -0.365 e. The number of nitrogens with zero attached hydrogens (tertiary/aromatic N) is 3. The van der Waals surface area contributed by atoms with E-state index in [1.807, 2.05) is 5.38 Å². The van der Waals surface area contributed by atoms with Crippen LogP contribution in [-0.2, 0) is 13.1 Å². The van der Waals surface area contributed by atoms with Crippen molar-refractivity contribution in [3.8, 4) is 0 Å². The monoisotopic (exact) mass is 312 g/mol. The third-order valence-corrected chi connectivity index (χ3v) is 4.53. The summed E-state index contributed by atoms with van der Waals surface area (Å²) in [6.07, 6.45) is 1.62. The van der Waals surface area contributed by atoms with E-state index in [1.54, 1.807) is 17.7 Å². The zero-order valence-corrected chi connectivity index (χ0v) is 13.7. The molecular weight excluding hydrogens is 292 g/mol. The van der Waals surface area contributed by atoms with Gasteiger partial charge < -0.3 is 10.2 Å². The van der Waals surface area contributed by atoms with Gasteiger partial charge in [0.05, 0.1) is 5.39 Å². The molecule has 3 rings (SSSR count). The van der Waals surface area contributed by atoms with Gasteiger partial charge in [0.2, 0.25) is 0 Å². The molecule has 4 nitrogen and oxygen atoms in total. The third-order valence-electron chi connectivity index (χ3n) is 3.71. The van der Waals surface area contributed by atoms with Gasteiger partial charge in [0.15, 0.2) is 0 Å². The summed E-state index contributed by atoms with van der Waals surface area (Å²) in [4.78, 5) is 12.0. The molecule has 0 saturated heterocycles. The predicted molar refractivity (Wildman–Crippen MR) is 93.2 cm³/mol. The molecule has 22 heavy (non-hydrogen) atoms. The highest BCUT2D eigenvalue weighted by atomic mass is 32.1. The van der Waals surface area contributed by atoms with Crippen molar-refractivity contribution in [3.05, 3.63) is 53.2 Å². The van der Waals surface area contributed by atoms with Crippen LogP contribution >= 0.6 is 11.3 Å². The molecule has 1 N–H and O–H groups in total. The van der Waals surface area contributed by atoms with E-state index >= 15 is 0 Å². The fourth-order valence-electron chi connectivity index (χ4n) is 2.38. The standard InChI is InChI=1S/C17H20N4S/c1-3-21(2)11-14-6-4-5-13(9-14)10-18-16-15-7-8-22-17(15)20-12-19-16/h4-9,12H,3,10-11H2,1-2H3,(H,18,19,20). The van der Waals surface area contributed by atoms with Crippen molar-refractivity contribution in [1.82, 2.24) is 14.9 Å². The van der Waals surface area contributed by atoms with Crippen molar-refractivity contribution in [2.75, 3.05) is 18.9 Å². The Morgan fingerprint density at radius 3 is 2.91 bits per heavy atom. The van der Waals surface area contributed by atoms with Crippen LogP contribution < -0.4 is 5.32 Å². The Morgan fingerprint density at radius 2 is 2.05 bits per heavy atom. The van der Waals surface area contributed by atoms with Gasteiger partial charge in [0.25, 0.3) is 0 Å². The maximum Gasteiger partial charge on any atom is 0.138 e. The first-order valence-corrected chi connectivity index (χ1v) is 8.32. The van der Waals surface area contributed by atoms with Gasteiger partial charge >= 0.3 is 0 Å². The zero-order valence-electron chi connectivity index (χ0n) is 12.9. The molecule has 114 valence electrons. The van der Waals surface area contributed by atoms with Gasteiger partial charge in [-0.15, -0.1) is 11.3 Å². The Labute approximate surface area is 134 Å². The average Bonchev–Trinajstić information content (AvgIpc) is 3.02. The first kappa shape index (κ1) is 14.9. The Bertz CT molecular complexity index is 753. The van der Waals surface area contributed by atoms with Crippen molar-refractivity contribution in [3.63, 3.8) is 0 Å². The van der Waals surface area contributed by atoms with Crippen molar-refractivity contribution in [2.24, 2.45) is 0 Å². The normalized spacial score (nSPS) is 11.2. The molecule has 0 amide bonds. The molecular formula is C17H20N4S. The number of anilines is 1. The highest BCUT2D eigenvalue weighted by Gasteiger charge is 2.05. The molecule has 1 aromatic carbocycles. The third kappa shape index (κ3) is 3.43. The second-order valence-corrected chi connectivity index (χ2v) is 6.26. The van der Waals surface area contributed by atoms with Gasteiger partial charge in [-0.05, 0) is 36.2 Å². The molecule has 0 saturated carbocycles. The molecule has 2 aromatic heterocycles. The topological polar surface area (TPSA) is 41.0 Å². The van der Waals surface area contributed by atoms with E-state index in [-0.39, 0.29) is 0 Å². The first-order valence-electron chi connectivity index (χ1n) is 7.44. The first-order chi connectivity index (χ1) is 10.8.